The van der Waals surface area contributed by atoms with Crippen LogP contribution in [0.15, 0.2) is 0 Å². The van der Waals surface area contributed by atoms with E-state index in [1.165, 1.54) is 14.0 Å². The lowest BCUT2D eigenvalue weighted by Gasteiger charge is -2.49. The monoisotopic (exact) mass is 749 g/mol. The van der Waals surface area contributed by atoms with Crippen LogP contribution in [-0.4, -0.2) is 143 Å². The first-order valence-electron chi connectivity index (χ1n) is 19.2. The average Bonchev–Trinajstić information content (AvgIpc) is 3.08. The molecule has 0 aliphatic carbocycles. The minimum absolute atomic E-state index is 0.105. The molecular weight excluding hydrogens is 678 g/mol. The van der Waals surface area contributed by atoms with Crippen LogP contribution < -0.4 is 5.32 Å². The van der Waals surface area contributed by atoms with Crippen molar-refractivity contribution in [1.29, 1.82) is 0 Å². The van der Waals surface area contributed by atoms with Gasteiger partial charge >= 0.3 is 5.97 Å². The SMILES string of the molecule is CCO[C@@H]1[C@H](C)[C@@H](O)[C@](C)(O)[C@@H](CC)OC(=O)[C@H](C)[C@@H](O[C@H]2C[C@@](C)(OC)[C@@H](O)[C@H](C)O2)C(C)[C@@H](O[C@@H]2O[C@H](C)C[C@H](NC)[C@H]2O)[C@](C)(O)C[C@H]1C. The standard InChI is InChI=1S/C38H71NO13/c1-14-26-38(11,45)31(41)21(5)29(47-15-2)19(3)17-36(9,44)33(52-35-28(40)25(39-12)16-20(4)48-35)22(6)30(23(7)34(43)50-26)51-27-18-37(10,46-13)32(42)24(8)49-27/h19-33,35,39-42,44-45H,14-18H2,1-13H3/t19-,20-,21+,22?,23-,24+,25+,26-,27+,28-,29+,30+,31-,32+,33-,35+,36-,37-,38-/m1/s1. The second-order valence-electron chi connectivity index (χ2n) is 16.5. The molecule has 0 amide bonds. The van der Waals surface area contributed by atoms with E-state index in [2.05, 4.69) is 5.32 Å². The van der Waals surface area contributed by atoms with E-state index in [0.717, 1.165) is 0 Å². The Morgan fingerprint density at radius 2 is 1.52 bits per heavy atom. The summed E-state index contributed by atoms with van der Waals surface area (Å²) in [4.78, 5) is 14.2. The Kier molecular flexibility index (Phi) is 16.0. The van der Waals surface area contributed by atoms with Gasteiger partial charge in [0.15, 0.2) is 12.6 Å². The second kappa shape index (κ2) is 18.3. The Bertz CT molecular complexity index is 1130. The van der Waals surface area contributed by atoms with Crippen LogP contribution in [0, 0.1) is 23.7 Å². The van der Waals surface area contributed by atoms with Crippen LogP contribution in [0.4, 0.5) is 0 Å². The van der Waals surface area contributed by atoms with Crippen LogP contribution >= 0.6 is 0 Å². The van der Waals surface area contributed by atoms with Gasteiger partial charge in [-0.1, -0.05) is 27.7 Å². The summed E-state index contributed by atoms with van der Waals surface area (Å²) >= 11 is 0. The van der Waals surface area contributed by atoms with Gasteiger partial charge in [0.05, 0.1) is 53.7 Å². The first-order valence-corrected chi connectivity index (χ1v) is 19.2. The van der Waals surface area contributed by atoms with Gasteiger partial charge in [-0.05, 0) is 80.7 Å². The smallest absolute Gasteiger partial charge is 0.311 e. The van der Waals surface area contributed by atoms with Gasteiger partial charge in [-0.15, -0.1) is 0 Å². The molecule has 0 aromatic rings. The highest BCUT2D eigenvalue weighted by Crippen LogP contribution is 2.41. The lowest BCUT2D eigenvalue weighted by molar-refractivity contribution is -0.316. The van der Waals surface area contributed by atoms with E-state index in [-0.39, 0.29) is 37.3 Å². The molecule has 306 valence electrons. The Morgan fingerprint density at radius 3 is 2.08 bits per heavy atom. The highest BCUT2D eigenvalue weighted by molar-refractivity contribution is 5.73. The van der Waals surface area contributed by atoms with Gasteiger partial charge in [0.2, 0.25) is 0 Å². The van der Waals surface area contributed by atoms with Gasteiger partial charge in [0.1, 0.15) is 23.9 Å². The van der Waals surface area contributed by atoms with Crippen LogP contribution in [0.25, 0.3) is 0 Å². The number of esters is 1. The van der Waals surface area contributed by atoms with Gasteiger partial charge in [-0.25, -0.2) is 0 Å². The molecule has 52 heavy (non-hydrogen) atoms. The molecule has 0 aromatic heterocycles. The molecule has 14 nitrogen and oxygen atoms in total. The second-order valence-corrected chi connectivity index (χ2v) is 16.5. The number of nitrogens with one attached hydrogen (secondary N) is 1. The number of carbonyl (C=O) groups is 1. The van der Waals surface area contributed by atoms with E-state index in [1.54, 1.807) is 55.5 Å². The Labute approximate surface area is 311 Å². The third kappa shape index (κ3) is 9.86. The third-order valence-electron chi connectivity index (χ3n) is 12.1. The minimum Gasteiger partial charge on any atom is -0.459 e. The molecule has 6 N–H and O–H groups in total. The fraction of sp³-hybridized carbons (Fsp3) is 0.974. The molecule has 14 heteroatoms. The highest BCUT2D eigenvalue weighted by atomic mass is 16.7. The van der Waals surface area contributed by atoms with Gasteiger partial charge in [-0.3, -0.25) is 4.79 Å². The summed E-state index contributed by atoms with van der Waals surface area (Å²) in [7, 11) is 3.25. The topological polar surface area (TPSA) is 195 Å². The van der Waals surface area contributed by atoms with Gasteiger partial charge in [-0.2, -0.15) is 0 Å². The first kappa shape index (κ1) is 45.4. The number of methoxy groups -OCH3 is 1. The van der Waals surface area contributed by atoms with Crippen LogP contribution in [0.5, 0.6) is 0 Å². The van der Waals surface area contributed by atoms with Crippen molar-refractivity contribution in [1.82, 2.24) is 5.32 Å². The third-order valence-corrected chi connectivity index (χ3v) is 12.1. The number of cyclic esters (lactones) is 1. The van der Waals surface area contributed by atoms with Crippen molar-refractivity contribution in [2.75, 3.05) is 20.8 Å². The zero-order valence-corrected chi connectivity index (χ0v) is 33.8. The Morgan fingerprint density at radius 1 is 0.885 bits per heavy atom. The van der Waals surface area contributed by atoms with Crippen LogP contribution in [0.3, 0.4) is 0 Å². The predicted molar refractivity (Wildman–Crippen MR) is 192 cm³/mol. The maximum absolute atomic E-state index is 14.2. The Balaban J connectivity index is 2.20. The van der Waals surface area contributed by atoms with E-state index in [4.69, 9.17) is 33.2 Å². The van der Waals surface area contributed by atoms with E-state index >= 15 is 0 Å². The summed E-state index contributed by atoms with van der Waals surface area (Å²) in [6, 6.07) is -0.342. The van der Waals surface area contributed by atoms with Crippen molar-refractivity contribution < 1.29 is 63.5 Å². The fourth-order valence-electron chi connectivity index (χ4n) is 8.88. The molecule has 3 rings (SSSR count). The maximum atomic E-state index is 14.2. The molecule has 19 atom stereocenters. The molecule has 1 unspecified atom stereocenters. The minimum atomic E-state index is -1.85. The number of carbonyl (C=O) groups excluding carboxylic acids is 1. The number of aliphatic hydroxyl groups excluding tert-OH is 3. The normalized spacial score (nSPS) is 50.3. The quantitative estimate of drug-likeness (QED) is 0.188. The van der Waals surface area contributed by atoms with E-state index < -0.39 is 102 Å². The summed E-state index contributed by atoms with van der Waals surface area (Å²) < 4.78 is 43.6. The van der Waals surface area contributed by atoms with Crippen molar-refractivity contribution in [2.24, 2.45) is 23.7 Å². The van der Waals surface area contributed by atoms with Crippen molar-refractivity contribution >= 4 is 5.97 Å². The number of ether oxygens (including phenoxy) is 7. The number of aliphatic hydroxyl groups is 5. The summed E-state index contributed by atoms with van der Waals surface area (Å²) in [5, 5.41) is 61.5. The summed E-state index contributed by atoms with van der Waals surface area (Å²) in [6.45, 7) is 19.5. The lowest BCUT2D eigenvalue weighted by Crippen LogP contribution is -2.61. The molecule has 3 aliphatic heterocycles. The zero-order valence-electron chi connectivity index (χ0n) is 33.8. The summed E-state index contributed by atoms with van der Waals surface area (Å²) in [5.74, 6) is -3.52. The molecule has 3 fully saturated rings. The van der Waals surface area contributed by atoms with Crippen LogP contribution in [-0.2, 0) is 38.0 Å². The molecular formula is C38H71NO13. The number of hydrogen-bond donors (Lipinski definition) is 6. The van der Waals surface area contributed by atoms with Crippen molar-refractivity contribution in [2.45, 2.75) is 192 Å². The summed E-state index contributed by atoms with van der Waals surface area (Å²) in [5.41, 5.74) is -4.54. The van der Waals surface area contributed by atoms with Crippen molar-refractivity contribution in [3.63, 3.8) is 0 Å². The molecule has 0 aromatic carbocycles. The van der Waals surface area contributed by atoms with E-state index in [0.29, 0.717) is 13.0 Å². The average molecular weight is 750 g/mol. The molecule has 0 saturated carbocycles. The maximum Gasteiger partial charge on any atom is 0.311 e. The number of likely N-dealkylation sites (N-methyl/N-ethyl adjacent to an activating group) is 1. The van der Waals surface area contributed by atoms with Gasteiger partial charge < -0.3 is 64.0 Å². The number of rotatable bonds is 9. The Hall–Kier alpha value is -1.01. The van der Waals surface area contributed by atoms with Gasteiger partial charge in [0.25, 0.3) is 0 Å². The first-order chi connectivity index (χ1) is 24.1. The molecule has 3 heterocycles. The van der Waals surface area contributed by atoms with Gasteiger partial charge in [0, 0.05) is 38.0 Å². The predicted octanol–water partition coefficient (Wildman–Crippen LogP) is 2.28. The van der Waals surface area contributed by atoms with Crippen LogP contribution in [0.1, 0.15) is 102 Å². The molecule has 0 bridgehead atoms. The molecule has 3 saturated heterocycles. The highest BCUT2D eigenvalue weighted by Gasteiger charge is 2.53. The van der Waals surface area contributed by atoms with Crippen molar-refractivity contribution in [3.05, 3.63) is 0 Å². The van der Waals surface area contributed by atoms with Crippen LogP contribution in [0.2, 0.25) is 0 Å². The molecule has 0 spiro atoms. The van der Waals surface area contributed by atoms with Crippen molar-refractivity contribution in [3.8, 4) is 0 Å². The number of hydrogen-bond acceptors (Lipinski definition) is 14. The fourth-order valence-corrected chi connectivity index (χ4v) is 8.88. The molecule has 0 radical (unpaired) electrons. The summed E-state index contributed by atoms with van der Waals surface area (Å²) in [6.07, 6.45) is -9.33. The van der Waals surface area contributed by atoms with E-state index in [9.17, 15) is 30.3 Å². The van der Waals surface area contributed by atoms with E-state index in [1.807, 2.05) is 20.8 Å². The lowest BCUT2D eigenvalue weighted by atomic mass is 9.73. The largest absolute Gasteiger partial charge is 0.459 e. The zero-order chi connectivity index (χ0) is 39.5. The molecule has 3 aliphatic rings.